The van der Waals surface area contributed by atoms with Crippen molar-refractivity contribution in [3.8, 4) is 0 Å². The van der Waals surface area contributed by atoms with Gasteiger partial charge in [-0.2, -0.15) is 0 Å². The van der Waals surface area contributed by atoms with Crippen molar-refractivity contribution < 1.29 is 0 Å². The molecule has 0 aliphatic carbocycles. The fraction of sp³-hybridized carbons (Fsp3) is 0.857. The van der Waals surface area contributed by atoms with Crippen LogP contribution in [0, 0.1) is 5.92 Å². The van der Waals surface area contributed by atoms with Crippen LogP contribution in [-0.4, -0.2) is 4.98 Å². The highest BCUT2D eigenvalue weighted by atomic mass is 14.6. The first kappa shape index (κ1) is 33.2. The van der Waals surface area contributed by atoms with Gasteiger partial charge in [-0.15, -0.1) is 0 Å². The van der Waals surface area contributed by atoms with Crippen molar-refractivity contribution >= 4 is 0 Å². The van der Waals surface area contributed by atoms with Gasteiger partial charge in [0, 0.05) is 12.4 Å². The van der Waals surface area contributed by atoms with E-state index in [1.807, 2.05) is 12.4 Å². The summed E-state index contributed by atoms with van der Waals surface area (Å²) in [4.78, 5) is 4.22. The third-order valence-electron chi connectivity index (χ3n) is 8.21. The molecule has 0 bridgehead atoms. The molecule has 1 nitrogen and oxygen atoms in total. The van der Waals surface area contributed by atoms with Crippen molar-refractivity contribution in [1.29, 1.82) is 0 Å². The second-order valence-electron chi connectivity index (χ2n) is 11.8. The summed E-state index contributed by atoms with van der Waals surface area (Å²) in [7, 11) is 0. The van der Waals surface area contributed by atoms with E-state index in [0.29, 0.717) is 0 Å². The van der Waals surface area contributed by atoms with E-state index in [9.17, 15) is 0 Å². The Morgan fingerprint density at radius 3 is 1.08 bits per heavy atom. The maximum Gasteiger partial charge on any atom is 0.0270 e. The lowest BCUT2D eigenvalue weighted by atomic mass is 9.89. The molecule has 210 valence electrons. The topological polar surface area (TPSA) is 12.9 Å². The van der Waals surface area contributed by atoms with Crippen LogP contribution in [0.2, 0.25) is 0 Å². The number of rotatable bonds is 28. The largest absolute Gasteiger partial charge is 0.265 e. The standard InChI is InChI=1S/C35H65N/c1-3-5-7-9-11-13-15-17-19-21-23-25-27-34(33-35-29-31-36-32-30-35)28-26-24-22-20-18-16-14-12-10-8-6-4-2/h29-32,34H,3-28,33H2,1-2H3. The Labute approximate surface area is 228 Å². The van der Waals surface area contributed by atoms with E-state index in [4.69, 9.17) is 0 Å². The molecule has 0 saturated carbocycles. The van der Waals surface area contributed by atoms with Crippen LogP contribution >= 0.6 is 0 Å². The first-order valence-electron chi connectivity index (χ1n) is 16.8. The second-order valence-corrected chi connectivity index (χ2v) is 11.8. The van der Waals surface area contributed by atoms with Gasteiger partial charge in [-0.3, -0.25) is 4.98 Å². The van der Waals surface area contributed by atoms with E-state index in [1.54, 1.807) is 0 Å². The lowest BCUT2D eigenvalue weighted by Gasteiger charge is -2.17. The molecule has 0 amide bonds. The van der Waals surface area contributed by atoms with Gasteiger partial charge in [0.1, 0.15) is 0 Å². The molecule has 1 heterocycles. The third-order valence-corrected chi connectivity index (χ3v) is 8.21. The number of pyridine rings is 1. The highest BCUT2D eigenvalue weighted by Crippen LogP contribution is 2.23. The average Bonchev–Trinajstić information content (AvgIpc) is 2.90. The number of aromatic nitrogens is 1. The Morgan fingerprint density at radius 1 is 0.444 bits per heavy atom. The molecular weight excluding hydrogens is 434 g/mol. The van der Waals surface area contributed by atoms with Gasteiger partial charge >= 0.3 is 0 Å². The highest BCUT2D eigenvalue weighted by molar-refractivity contribution is 5.10. The molecule has 0 aromatic carbocycles. The molecule has 1 rings (SSSR count). The van der Waals surface area contributed by atoms with Crippen molar-refractivity contribution in [3.63, 3.8) is 0 Å². The van der Waals surface area contributed by atoms with Crippen LogP contribution in [0.1, 0.15) is 186 Å². The summed E-state index contributed by atoms with van der Waals surface area (Å²) < 4.78 is 0. The minimum Gasteiger partial charge on any atom is -0.265 e. The molecule has 0 radical (unpaired) electrons. The average molecular weight is 500 g/mol. The van der Waals surface area contributed by atoms with Gasteiger partial charge in [0.2, 0.25) is 0 Å². The monoisotopic (exact) mass is 500 g/mol. The molecule has 36 heavy (non-hydrogen) atoms. The summed E-state index contributed by atoms with van der Waals surface area (Å²) >= 11 is 0. The summed E-state index contributed by atoms with van der Waals surface area (Å²) in [5.41, 5.74) is 1.49. The van der Waals surface area contributed by atoms with Crippen molar-refractivity contribution in [2.24, 2.45) is 5.92 Å². The first-order chi connectivity index (χ1) is 17.9. The molecule has 0 atom stereocenters. The van der Waals surface area contributed by atoms with E-state index < -0.39 is 0 Å². The Kier molecular flexibility index (Phi) is 25.1. The summed E-state index contributed by atoms with van der Waals surface area (Å²) in [6.07, 6.45) is 42.8. The van der Waals surface area contributed by atoms with Crippen molar-refractivity contribution in [2.45, 2.75) is 187 Å². The molecule has 1 heteroatoms. The molecule has 0 unspecified atom stereocenters. The van der Waals surface area contributed by atoms with Crippen LogP contribution in [0.4, 0.5) is 0 Å². The van der Waals surface area contributed by atoms with E-state index in [2.05, 4.69) is 31.0 Å². The minimum atomic E-state index is 0.874. The lowest BCUT2D eigenvalue weighted by molar-refractivity contribution is 0.399. The summed E-state index contributed by atoms with van der Waals surface area (Å²) in [5, 5.41) is 0. The lowest BCUT2D eigenvalue weighted by Crippen LogP contribution is -2.05. The van der Waals surface area contributed by atoms with Gasteiger partial charge < -0.3 is 0 Å². The zero-order valence-electron chi connectivity index (χ0n) is 24.9. The maximum atomic E-state index is 4.22. The van der Waals surface area contributed by atoms with Gasteiger partial charge in [0.15, 0.2) is 0 Å². The highest BCUT2D eigenvalue weighted by Gasteiger charge is 2.10. The van der Waals surface area contributed by atoms with Crippen molar-refractivity contribution in [2.75, 3.05) is 0 Å². The Morgan fingerprint density at radius 2 is 0.750 bits per heavy atom. The van der Waals surface area contributed by atoms with E-state index in [0.717, 1.165) is 5.92 Å². The number of nitrogens with zero attached hydrogens (tertiary/aromatic N) is 1. The fourth-order valence-electron chi connectivity index (χ4n) is 5.75. The summed E-state index contributed by atoms with van der Waals surface area (Å²) in [5.74, 6) is 0.874. The van der Waals surface area contributed by atoms with Crippen LogP contribution in [0.3, 0.4) is 0 Å². The first-order valence-corrected chi connectivity index (χ1v) is 16.8. The molecule has 0 fully saturated rings. The van der Waals surface area contributed by atoms with Gasteiger partial charge in [-0.1, -0.05) is 181 Å². The number of unbranched alkanes of at least 4 members (excludes halogenated alkanes) is 22. The molecule has 0 N–H and O–H groups in total. The van der Waals surface area contributed by atoms with Crippen molar-refractivity contribution in [1.82, 2.24) is 4.98 Å². The van der Waals surface area contributed by atoms with Crippen molar-refractivity contribution in [3.05, 3.63) is 30.1 Å². The van der Waals surface area contributed by atoms with Crippen LogP contribution in [-0.2, 0) is 6.42 Å². The van der Waals surface area contributed by atoms with Crippen LogP contribution in [0.15, 0.2) is 24.5 Å². The zero-order valence-corrected chi connectivity index (χ0v) is 24.9. The summed E-state index contributed by atoms with van der Waals surface area (Å²) in [6, 6.07) is 4.47. The zero-order chi connectivity index (χ0) is 25.8. The van der Waals surface area contributed by atoms with Gasteiger partial charge in [-0.25, -0.2) is 0 Å². The molecule has 1 aromatic heterocycles. The Bertz CT molecular complexity index is 497. The second kappa shape index (κ2) is 27.2. The van der Waals surface area contributed by atoms with Crippen LogP contribution in [0.5, 0.6) is 0 Å². The van der Waals surface area contributed by atoms with E-state index in [1.165, 1.54) is 179 Å². The smallest absolute Gasteiger partial charge is 0.0270 e. The number of hydrogen-bond donors (Lipinski definition) is 0. The Balaban J connectivity index is 2.06. The van der Waals surface area contributed by atoms with Crippen LogP contribution in [0.25, 0.3) is 0 Å². The molecule has 0 aliphatic rings. The molecule has 1 aromatic rings. The third kappa shape index (κ3) is 22.4. The van der Waals surface area contributed by atoms with Gasteiger partial charge in [-0.05, 0) is 30.0 Å². The Hall–Kier alpha value is -0.850. The maximum absolute atomic E-state index is 4.22. The van der Waals surface area contributed by atoms with Gasteiger partial charge in [0.05, 0.1) is 0 Å². The molecule has 0 saturated heterocycles. The summed E-state index contributed by atoms with van der Waals surface area (Å²) in [6.45, 7) is 4.61. The van der Waals surface area contributed by atoms with E-state index in [-0.39, 0.29) is 0 Å². The SMILES string of the molecule is CCCCCCCCCCCCCCC(CCCCCCCCCCCCCC)Cc1ccncc1. The normalized spacial score (nSPS) is 11.5. The molecule has 0 spiro atoms. The molecule has 0 aliphatic heterocycles. The van der Waals surface area contributed by atoms with Crippen LogP contribution < -0.4 is 0 Å². The number of hydrogen-bond acceptors (Lipinski definition) is 1. The van der Waals surface area contributed by atoms with Gasteiger partial charge in [0.25, 0.3) is 0 Å². The predicted octanol–water partition coefficient (Wildman–Crippen LogP) is 12.4. The van der Waals surface area contributed by atoms with E-state index >= 15 is 0 Å². The quantitative estimate of drug-likeness (QED) is 0.104. The molecular formula is C35H65N. The predicted molar refractivity (Wildman–Crippen MR) is 163 cm³/mol. The fourth-order valence-corrected chi connectivity index (χ4v) is 5.75. The minimum absolute atomic E-state index is 0.874.